The normalized spacial score (nSPS) is 30.5. The van der Waals surface area contributed by atoms with E-state index in [-0.39, 0.29) is 12.0 Å². The molecular weight excluding hydrogens is 196 g/mol. The first-order chi connectivity index (χ1) is 7.53. The molecule has 1 aliphatic carbocycles. The highest BCUT2D eigenvalue weighted by atomic mass is 16.3. The van der Waals surface area contributed by atoms with Crippen molar-refractivity contribution >= 4 is 0 Å². The van der Waals surface area contributed by atoms with Crippen molar-refractivity contribution in [1.29, 1.82) is 0 Å². The Morgan fingerprint density at radius 1 is 1.31 bits per heavy atom. The molecule has 1 N–H and O–H groups in total. The summed E-state index contributed by atoms with van der Waals surface area (Å²) in [5.41, 5.74) is 2.82. The van der Waals surface area contributed by atoms with Gasteiger partial charge in [0.15, 0.2) is 0 Å². The molecule has 0 saturated carbocycles. The topological polar surface area (TPSA) is 20.2 Å². The molecule has 0 aromatic rings. The van der Waals surface area contributed by atoms with E-state index in [4.69, 9.17) is 0 Å². The molecule has 1 heteroatoms. The third-order valence-electron chi connectivity index (χ3n) is 3.10. The molecule has 0 unspecified atom stereocenters. The summed E-state index contributed by atoms with van der Waals surface area (Å²) in [6, 6.07) is 0. The van der Waals surface area contributed by atoms with Crippen LogP contribution in [0.4, 0.5) is 0 Å². The lowest BCUT2D eigenvalue weighted by Crippen LogP contribution is -2.05. The molecule has 90 valence electrons. The van der Waals surface area contributed by atoms with Crippen LogP contribution in [0.2, 0.25) is 0 Å². The second-order valence-electron chi connectivity index (χ2n) is 5.41. The summed E-state index contributed by atoms with van der Waals surface area (Å²) in [5.74, 6) is 0. The Labute approximate surface area is 99.6 Å². The van der Waals surface area contributed by atoms with Gasteiger partial charge in [-0.05, 0) is 43.6 Å². The van der Waals surface area contributed by atoms with Gasteiger partial charge in [-0.25, -0.2) is 0 Å². The number of hydrogen-bond donors (Lipinski definition) is 1. The minimum atomic E-state index is 0.188. The van der Waals surface area contributed by atoms with Crippen molar-refractivity contribution in [3.63, 3.8) is 0 Å². The quantitative estimate of drug-likeness (QED) is 0.662. The van der Waals surface area contributed by atoms with Gasteiger partial charge in [0.25, 0.3) is 0 Å². The molecule has 1 rings (SSSR count). The Hall–Kier alpha value is -0.820. The number of allylic oxidation sites excluding steroid dienone is 5. The summed E-state index contributed by atoms with van der Waals surface area (Å²) in [6.45, 7) is 6.90. The molecule has 0 spiro atoms. The Morgan fingerprint density at radius 2 is 2.06 bits per heavy atom. The molecule has 0 atom stereocenters. The molecule has 0 heterocycles. The van der Waals surface area contributed by atoms with Gasteiger partial charge >= 0.3 is 0 Å². The highest BCUT2D eigenvalue weighted by molar-refractivity contribution is 5.13. The Kier molecular flexibility index (Phi) is 5.01. The minimum absolute atomic E-state index is 0.188. The van der Waals surface area contributed by atoms with Crippen molar-refractivity contribution in [1.82, 2.24) is 0 Å². The van der Waals surface area contributed by atoms with Crippen LogP contribution in [-0.4, -0.2) is 11.7 Å². The van der Waals surface area contributed by atoms with Crippen LogP contribution >= 0.6 is 0 Å². The third kappa shape index (κ3) is 4.80. The molecule has 0 amide bonds. The standard InChI is InChI=1S/C15H24O/c1-13-6-4-7-14(12-16)8-5-10-15(2,3)11-9-13/h5,7,9-10,16H,4,6,8,11-12H2,1-3H3/b10-5-,13-9+,14-7+. The molecule has 0 bridgehead atoms. The summed E-state index contributed by atoms with van der Waals surface area (Å²) in [5, 5.41) is 9.22. The summed E-state index contributed by atoms with van der Waals surface area (Å²) >= 11 is 0. The molecule has 1 aliphatic rings. The number of rotatable bonds is 1. The van der Waals surface area contributed by atoms with E-state index < -0.39 is 0 Å². The van der Waals surface area contributed by atoms with Crippen LogP contribution in [0.15, 0.2) is 35.5 Å². The van der Waals surface area contributed by atoms with E-state index >= 15 is 0 Å². The maximum absolute atomic E-state index is 9.22. The molecule has 1 nitrogen and oxygen atoms in total. The Morgan fingerprint density at radius 3 is 2.75 bits per heavy atom. The summed E-state index contributed by atoms with van der Waals surface area (Å²) in [7, 11) is 0. The smallest absolute Gasteiger partial charge is 0.0644 e. The average molecular weight is 220 g/mol. The van der Waals surface area contributed by atoms with Crippen molar-refractivity contribution in [2.24, 2.45) is 5.41 Å². The maximum atomic E-state index is 9.22. The van der Waals surface area contributed by atoms with Crippen molar-refractivity contribution in [3.8, 4) is 0 Å². The fourth-order valence-electron chi connectivity index (χ4n) is 1.85. The SMILES string of the molecule is C/C1=C\CC(C)(C)/C=C\C/C(CO)=C\CC1. The van der Waals surface area contributed by atoms with E-state index in [1.807, 2.05) is 0 Å². The number of aliphatic hydroxyl groups excluding tert-OH is 1. The fourth-order valence-corrected chi connectivity index (χ4v) is 1.85. The van der Waals surface area contributed by atoms with Gasteiger partial charge in [-0.15, -0.1) is 0 Å². The molecule has 0 aromatic carbocycles. The highest BCUT2D eigenvalue weighted by Gasteiger charge is 2.12. The van der Waals surface area contributed by atoms with Crippen LogP contribution in [0.25, 0.3) is 0 Å². The summed E-state index contributed by atoms with van der Waals surface area (Å²) in [6.07, 6.45) is 13.1. The van der Waals surface area contributed by atoms with Crippen LogP contribution < -0.4 is 0 Å². The van der Waals surface area contributed by atoms with Crippen LogP contribution in [-0.2, 0) is 0 Å². The number of hydrogen-bond acceptors (Lipinski definition) is 1. The molecule has 0 fully saturated rings. The second-order valence-corrected chi connectivity index (χ2v) is 5.41. The van der Waals surface area contributed by atoms with Gasteiger partial charge in [0.1, 0.15) is 0 Å². The number of aliphatic hydroxyl groups is 1. The maximum Gasteiger partial charge on any atom is 0.0644 e. The molecular formula is C15H24O. The van der Waals surface area contributed by atoms with E-state index in [1.54, 1.807) is 0 Å². The zero-order chi connectivity index (χ0) is 12.0. The average Bonchev–Trinajstić information content (AvgIpc) is 2.26. The Balaban J connectivity index is 2.81. The van der Waals surface area contributed by atoms with Crippen molar-refractivity contribution < 1.29 is 5.11 Å². The van der Waals surface area contributed by atoms with Gasteiger partial charge in [0.05, 0.1) is 6.61 Å². The molecule has 0 saturated heterocycles. The van der Waals surface area contributed by atoms with Gasteiger partial charge in [-0.2, -0.15) is 0 Å². The van der Waals surface area contributed by atoms with Crippen LogP contribution in [0.3, 0.4) is 0 Å². The van der Waals surface area contributed by atoms with Crippen molar-refractivity contribution in [2.45, 2.75) is 46.5 Å². The zero-order valence-corrected chi connectivity index (χ0v) is 10.8. The van der Waals surface area contributed by atoms with E-state index in [0.717, 1.165) is 31.3 Å². The lowest BCUT2D eigenvalue weighted by atomic mass is 9.87. The highest BCUT2D eigenvalue weighted by Crippen LogP contribution is 2.25. The predicted molar refractivity (Wildman–Crippen MR) is 70.3 cm³/mol. The van der Waals surface area contributed by atoms with E-state index in [0.29, 0.717) is 0 Å². The first kappa shape index (κ1) is 13.2. The van der Waals surface area contributed by atoms with Gasteiger partial charge < -0.3 is 5.11 Å². The van der Waals surface area contributed by atoms with Gasteiger partial charge in [-0.1, -0.05) is 43.7 Å². The summed E-state index contributed by atoms with van der Waals surface area (Å²) < 4.78 is 0. The first-order valence-electron chi connectivity index (χ1n) is 6.15. The molecule has 0 radical (unpaired) electrons. The van der Waals surface area contributed by atoms with Crippen LogP contribution in [0, 0.1) is 5.41 Å². The second kappa shape index (κ2) is 6.05. The summed E-state index contributed by atoms with van der Waals surface area (Å²) in [4.78, 5) is 0. The lowest BCUT2D eigenvalue weighted by molar-refractivity contribution is 0.328. The predicted octanol–water partition coefficient (Wildman–Crippen LogP) is 4.01. The molecule has 0 aliphatic heterocycles. The van der Waals surface area contributed by atoms with Crippen LogP contribution in [0.1, 0.15) is 46.5 Å². The van der Waals surface area contributed by atoms with E-state index in [2.05, 4.69) is 45.1 Å². The third-order valence-corrected chi connectivity index (χ3v) is 3.10. The first-order valence-corrected chi connectivity index (χ1v) is 6.15. The van der Waals surface area contributed by atoms with Gasteiger partial charge in [0.2, 0.25) is 0 Å². The molecule has 0 aromatic heterocycles. The minimum Gasteiger partial charge on any atom is -0.392 e. The zero-order valence-electron chi connectivity index (χ0n) is 10.8. The van der Waals surface area contributed by atoms with Gasteiger partial charge in [-0.3, -0.25) is 0 Å². The van der Waals surface area contributed by atoms with E-state index in [9.17, 15) is 5.11 Å². The van der Waals surface area contributed by atoms with Crippen LogP contribution in [0.5, 0.6) is 0 Å². The molecule has 16 heavy (non-hydrogen) atoms. The van der Waals surface area contributed by atoms with E-state index in [1.165, 1.54) is 5.57 Å². The fraction of sp³-hybridized carbons (Fsp3) is 0.600. The Bertz CT molecular complexity index is 305. The monoisotopic (exact) mass is 220 g/mol. The van der Waals surface area contributed by atoms with Crippen molar-refractivity contribution in [2.75, 3.05) is 6.61 Å². The van der Waals surface area contributed by atoms with Crippen molar-refractivity contribution in [3.05, 3.63) is 35.5 Å². The largest absolute Gasteiger partial charge is 0.392 e. The van der Waals surface area contributed by atoms with Gasteiger partial charge in [0, 0.05) is 0 Å². The lowest BCUT2D eigenvalue weighted by Gasteiger charge is -2.18.